The van der Waals surface area contributed by atoms with E-state index < -0.39 is 0 Å². The molecule has 0 unspecified atom stereocenters. The van der Waals surface area contributed by atoms with Crippen LogP contribution in [-0.4, -0.2) is 9.97 Å². The molecule has 0 N–H and O–H groups in total. The van der Waals surface area contributed by atoms with E-state index in [2.05, 4.69) is 152 Å². The van der Waals surface area contributed by atoms with E-state index in [1.165, 1.54) is 0 Å². The summed E-state index contributed by atoms with van der Waals surface area (Å²) in [6, 6.07) is 47.9. The standard InChI is InChI=1S/C46H30N4.Pt/c1-2-30-18-20-34(21-19-30)46-41-28-26-39(49-41)44(32-14-8-4-9-15-32)37-24-22-35(47-37)43(31-12-6-3-7-13-31)36-23-25-38(48-36)45(33-16-10-5-11-17-33)40-27-29-42(46)50-40;/h2-29H,1H2;/q-2;+2. The third kappa shape index (κ3) is 5.94. The van der Waals surface area contributed by atoms with Gasteiger partial charge in [0.15, 0.2) is 0 Å². The van der Waals surface area contributed by atoms with Gasteiger partial charge in [0, 0.05) is 0 Å². The van der Waals surface area contributed by atoms with Crippen molar-refractivity contribution >= 4 is 52.4 Å². The number of hydrogen-bond acceptors (Lipinski definition) is 2. The summed E-state index contributed by atoms with van der Waals surface area (Å²) in [6.07, 6.45) is 10.2. The minimum Gasteiger partial charge on any atom is -0.657 e. The van der Waals surface area contributed by atoms with Crippen LogP contribution >= 0.6 is 0 Å². The summed E-state index contributed by atoms with van der Waals surface area (Å²) < 4.78 is 0. The van der Waals surface area contributed by atoms with Crippen molar-refractivity contribution in [1.29, 1.82) is 0 Å². The number of benzene rings is 4. The second kappa shape index (κ2) is 13.7. The largest absolute Gasteiger partial charge is 2.00 e. The fourth-order valence-electron chi connectivity index (χ4n) is 6.87. The molecule has 51 heavy (non-hydrogen) atoms. The minimum absolute atomic E-state index is 0. The zero-order chi connectivity index (χ0) is 33.4. The van der Waals surface area contributed by atoms with Crippen molar-refractivity contribution in [3.05, 3.63) is 174 Å². The Bertz CT molecular complexity index is 2590. The summed E-state index contributed by atoms with van der Waals surface area (Å²) in [5.74, 6) is 0. The van der Waals surface area contributed by atoms with Crippen LogP contribution in [0.4, 0.5) is 0 Å². The Morgan fingerprint density at radius 2 is 0.667 bits per heavy atom. The van der Waals surface area contributed by atoms with E-state index in [0.29, 0.717) is 0 Å². The summed E-state index contributed by atoms with van der Waals surface area (Å²) in [6.45, 7) is 3.96. The van der Waals surface area contributed by atoms with Crippen LogP contribution in [0.25, 0.3) is 97.0 Å². The molecule has 2 aliphatic rings. The zero-order valence-electron chi connectivity index (χ0n) is 27.5. The molecule has 0 saturated carbocycles. The molecule has 0 amide bonds. The zero-order valence-corrected chi connectivity index (χ0v) is 29.8. The molecule has 3 aromatic heterocycles. The molecule has 4 nitrogen and oxygen atoms in total. The van der Waals surface area contributed by atoms with E-state index in [4.69, 9.17) is 19.9 Å². The summed E-state index contributed by atoms with van der Waals surface area (Å²) in [7, 11) is 0. The molecule has 9 rings (SSSR count). The first-order chi connectivity index (χ1) is 24.7. The monoisotopic (exact) mass is 833 g/mol. The van der Waals surface area contributed by atoms with Gasteiger partial charge in [0.05, 0.1) is 22.8 Å². The van der Waals surface area contributed by atoms with E-state index in [-0.39, 0.29) is 21.1 Å². The Morgan fingerprint density at radius 3 is 0.961 bits per heavy atom. The Balaban J connectivity index is 0.00000374. The Kier molecular flexibility index (Phi) is 8.61. The molecular weight excluding hydrogens is 804 g/mol. The maximum absolute atomic E-state index is 5.33. The first-order valence-electron chi connectivity index (χ1n) is 16.7. The normalized spacial score (nSPS) is 11.7. The smallest absolute Gasteiger partial charge is 0.657 e. The van der Waals surface area contributed by atoms with Gasteiger partial charge < -0.3 is 9.97 Å². The summed E-state index contributed by atoms with van der Waals surface area (Å²) in [4.78, 5) is 21.3. The SMILES string of the molecule is C=Cc1ccc(-c2c3nc(c(-c4ccccc4)c4ccc([n-]4)c(-c4ccccc4)c4nc(c(-c5ccccc5)c5ccc2[n-]5)C=C4)C=C3)cc1.[Pt+2]. The third-order valence-electron chi connectivity index (χ3n) is 9.23. The van der Waals surface area contributed by atoms with Crippen LogP contribution in [0.1, 0.15) is 28.3 Å². The van der Waals surface area contributed by atoms with Crippen molar-refractivity contribution in [2.75, 3.05) is 0 Å². The van der Waals surface area contributed by atoms with Crippen LogP contribution in [-0.2, 0) is 21.1 Å². The van der Waals surface area contributed by atoms with Crippen LogP contribution in [0, 0.1) is 0 Å². The van der Waals surface area contributed by atoms with Crippen LogP contribution in [0.15, 0.2) is 146 Å². The predicted molar refractivity (Wildman–Crippen MR) is 209 cm³/mol. The molecular formula is C46H30N4Pt. The van der Waals surface area contributed by atoms with Gasteiger partial charge >= 0.3 is 21.1 Å². The first kappa shape index (κ1) is 32.1. The predicted octanol–water partition coefficient (Wildman–Crippen LogP) is 11.2. The number of nitrogens with zero attached hydrogens (tertiary/aromatic N) is 4. The van der Waals surface area contributed by atoms with Gasteiger partial charge in [-0.05, 0) is 74.4 Å². The van der Waals surface area contributed by atoms with Crippen molar-refractivity contribution in [3.8, 4) is 44.5 Å². The molecule has 0 atom stereocenters. The Labute approximate surface area is 310 Å². The Morgan fingerprint density at radius 1 is 0.373 bits per heavy atom. The average Bonchev–Trinajstić information content (AvgIpc) is 4.01. The van der Waals surface area contributed by atoms with Gasteiger partial charge in [0.2, 0.25) is 0 Å². The van der Waals surface area contributed by atoms with Crippen LogP contribution in [0.5, 0.6) is 0 Å². The molecule has 0 fully saturated rings. The minimum atomic E-state index is 0. The fraction of sp³-hybridized carbons (Fsp3) is 0. The van der Waals surface area contributed by atoms with E-state index in [1.807, 2.05) is 24.3 Å². The second-order valence-electron chi connectivity index (χ2n) is 12.3. The molecule has 0 radical (unpaired) electrons. The van der Waals surface area contributed by atoms with Gasteiger partial charge in [-0.1, -0.05) is 152 Å². The average molecular weight is 834 g/mol. The van der Waals surface area contributed by atoms with Crippen molar-refractivity contribution < 1.29 is 21.1 Å². The maximum Gasteiger partial charge on any atom is 2.00 e. The molecule has 5 heteroatoms. The maximum atomic E-state index is 5.33. The fourth-order valence-corrected chi connectivity index (χ4v) is 6.87. The molecule has 0 aliphatic carbocycles. The molecule has 2 aliphatic heterocycles. The van der Waals surface area contributed by atoms with Crippen molar-refractivity contribution in [1.82, 2.24) is 19.9 Å². The van der Waals surface area contributed by atoms with Crippen LogP contribution in [0.3, 0.4) is 0 Å². The van der Waals surface area contributed by atoms with E-state index in [9.17, 15) is 0 Å². The van der Waals surface area contributed by atoms with Gasteiger partial charge in [-0.15, -0.1) is 22.1 Å². The molecule has 5 heterocycles. The third-order valence-corrected chi connectivity index (χ3v) is 9.23. The molecule has 4 aromatic carbocycles. The van der Waals surface area contributed by atoms with Gasteiger partial charge in [-0.2, -0.15) is 0 Å². The summed E-state index contributed by atoms with van der Waals surface area (Å²) in [5, 5.41) is 0. The van der Waals surface area contributed by atoms with Gasteiger partial charge in [-0.25, -0.2) is 9.97 Å². The Hall–Kier alpha value is -6.09. The van der Waals surface area contributed by atoms with Crippen LogP contribution < -0.4 is 9.97 Å². The number of rotatable bonds is 5. The number of hydrogen-bond donors (Lipinski definition) is 0. The van der Waals surface area contributed by atoms with Crippen molar-refractivity contribution in [2.24, 2.45) is 0 Å². The van der Waals surface area contributed by atoms with E-state index in [0.717, 1.165) is 94.9 Å². The van der Waals surface area contributed by atoms with Gasteiger partial charge in [-0.3, -0.25) is 0 Å². The topological polar surface area (TPSA) is 54.0 Å². The molecule has 244 valence electrons. The number of aromatic nitrogens is 4. The summed E-state index contributed by atoms with van der Waals surface area (Å²) >= 11 is 0. The van der Waals surface area contributed by atoms with Crippen LogP contribution in [0.2, 0.25) is 0 Å². The van der Waals surface area contributed by atoms with Gasteiger partial charge in [0.25, 0.3) is 0 Å². The van der Waals surface area contributed by atoms with E-state index >= 15 is 0 Å². The number of fused-ring (bicyclic) bond motifs is 8. The summed E-state index contributed by atoms with van der Waals surface area (Å²) in [5.41, 5.74) is 15.9. The molecule has 0 saturated heterocycles. The quantitative estimate of drug-likeness (QED) is 0.173. The first-order valence-corrected chi connectivity index (χ1v) is 16.7. The second-order valence-corrected chi connectivity index (χ2v) is 12.3. The van der Waals surface area contributed by atoms with E-state index in [1.54, 1.807) is 0 Å². The van der Waals surface area contributed by atoms with Crippen molar-refractivity contribution in [2.45, 2.75) is 0 Å². The molecule has 0 spiro atoms. The molecule has 7 aromatic rings. The van der Waals surface area contributed by atoms with Gasteiger partial charge in [0.1, 0.15) is 0 Å². The van der Waals surface area contributed by atoms with Crippen molar-refractivity contribution in [3.63, 3.8) is 0 Å². The molecule has 8 bridgehead atoms.